The molecule has 0 aliphatic carbocycles. The minimum atomic E-state index is -0.692. The van der Waals surface area contributed by atoms with Gasteiger partial charge in [0.1, 0.15) is 11.6 Å². The Hall–Kier alpha value is -6.03. The zero-order valence-electron chi connectivity index (χ0n) is 22.3. The van der Waals surface area contributed by atoms with Gasteiger partial charge in [-0.25, -0.2) is 33.7 Å². The van der Waals surface area contributed by atoms with Gasteiger partial charge in [0.05, 0.1) is 50.1 Å². The van der Waals surface area contributed by atoms with Crippen molar-refractivity contribution in [1.82, 2.24) is 39.9 Å². The van der Waals surface area contributed by atoms with E-state index in [0.29, 0.717) is 56.1 Å². The van der Waals surface area contributed by atoms with Crippen LogP contribution in [0, 0.1) is 11.6 Å². The van der Waals surface area contributed by atoms with Gasteiger partial charge in [0, 0.05) is 41.4 Å². The summed E-state index contributed by atoms with van der Waals surface area (Å²) in [4.78, 5) is 33.2. The summed E-state index contributed by atoms with van der Waals surface area (Å²) < 4.78 is 30.9. The first-order valence-electron chi connectivity index (χ1n) is 13.5. The smallest absolute Gasteiger partial charge is 0.163 e. The summed E-state index contributed by atoms with van der Waals surface area (Å²) in [6.07, 6.45) is 10.5. The molecule has 1 aliphatic heterocycles. The Morgan fingerprint density at radius 3 is 1.44 bits per heavy atom. The quantitative estimate of drug-likeness (QED) is 0.204. The van der Waals surface area contributed by atoms with Crippen molar-refractivity contribution in [3.8, 4) is 33.9 Å². The molecule has 0 unspecified atom stereocenters. The molecule has 0 radical (unpaired) electrons. The van der Waals surface area contributed by atoms with Gasteiger partial charge >= 0.3 is 0 Å². The Morgan fingerprint density at radius 2 is 0.860 bits per heavy atom. The van der Waals surface area contributed by atoms with Crippen molar-refractivity contribution >= 4 is 45.3 Å². The normalized spacial score (nSPS) is 11.9. The molecule has 43 heavy (non-hydrogen) atoms. The van der Waals surface area contributed by atoms with Crippen LogP contribution in [0.1, 0.15) is 11.4 Å². The van der Waals surface area contributed by atoms with Gasteiger partial charge in [-0.2, -0.15) is 0 Å². The number of nitrogens with one attached hydrogen (secondary N) is 3. The molecule has 6 aromatic heterocycles. The molecule has 0 saturated heterocycles. The molecule has 8 bridgehead atoms. The van der Waals surface area contributed by atoms with Crippen LogP contribution in [-0.4, -0.2) is 39.9 Å². The lowest BCUT2D eigenvalue weighted by molar-refractivity contribution is 0.590. The van der Waals surface area contributed by atoms with E-state index in [4.69, 9.17) is 4.98 Å². The molecule has 0 spiro atoms. The van der Waals surface area contributed by atoms with Crippen molar-refractivity contribution in [2.45, 2.75) is 0 Å². The fourth-order valence-electron chi connectivity index (χ4n) is 5.48. The third-order valence-electron chi connectivity index (χ3n) is 7.37. The third-order valence-corrected chi connectivity index (χ3v) is 7.37. The monoisotopic (exact) mass is 566 g/mol. The van der Waals surface area contributed by atoms with Gasteiger partial charge in [0.15, 0.2) is 11.6 Å². The number of nitrogens with zero attached hydrogens (tertiary/aromatic N) is 5. The van der Waals surface area contributed by atoms with Crippen LogP contribution in [0.4, 0.5) is 8.78 Å². The van der Waals surface area contributed by atoms with Crippen LogP contribution >= 0.6 is 0 Å². The molecular weight excluding hydrogens is 546 g/mol. The third kappa shape index (κ3) is 4.15. The highest BCUT2D eigenvalue weighted by atomic mass is 19.1. The average molecular weight is 567 g/mol. The van der Waals surface area contributed by atoms with Gasteiger partial charge in [0.25, 0.3) is 0 Å². The highest BCUT2D eigenvalue weighted by Gasteiger charge is 2.19. The number of H-pyrrole nitrogens is 3. The van der Waals surface area contributed by atoms with Crippen LogP contribution in [0.15, 0.2) is 91.5 Å². The van der Waals surface area contributed by atoms with E-state index in [0.717, 1.165) is 16.7 Å². The Balaban J connectivity index is 1.60. The van der Waals surface area contributed by atoms with Crippen LogP contribution in [0.5, 0.6) is 0 Å². The zero-order valence-corrected chi connectivity index (χ0v) is 22.3. The SMILES string of the molecule is Fc1cccc(F)c1-c1c2ccc([nH]2)c(-c2ncccn2)c2nc(c3ccc([nH]3)c(-c3ncccn3)c3ccc1[nH]3)C=C2. The molecule has 206 valence electrons. The number of aromatic amines is 3. The Labute approximate surface area is 242 Å². The molecule has 8 rings (SSSR count). The summed E-state index contributed by atoms with van der Waals surface area (Å²) in [5.74, 6) is -0.456. The first kappa shape index (κ1) is 24.7. The number of fused-ring (bicyclic) bond motifs is 9. The maximum atomic E-state index is 15.4. The molecule has 0 fully saturated rings. The standard InChI is InChI=1S/C33H20F2N8/c34-18-4-1-5-19(35)28(18)29-22-10-12-26(42-22)30(32-36-14-2-15-37-32)24-8-6-20(40-24)21-7-9-25(41-21)31(27-13-11-23(29)43-27)33-38-16-3-17-39-33/h1-17,40,42-43H. The van der Waals surface area contributed by atoms with Crippen molar-refractivity contribution in [3.63, 3.8) is 0 Å². The van der Waals surface area contributed by atoms with Crippen molar-refractivity contribution in [2.24, 2.45) is 0 Å². The lowest BCUT2D eigenvalue weighted by Crippen LogP contribution is -1.92. The van der Waals surface area contributed by atoms with Crippen LogP contribution < -0.4 is 0 Å². The van der Waals surface area contributed by atoms with Gasteiger partial charge in [-0.15, -0.1) is 0 Å². The summed E-state index contributed by atoms with van der Waals surface area (Å²) in [6.45, 7) is 0. The summed E-state index contributed by atoms with van der Waals surface area (Å²) in [5, 5.41) is 0. The second-order valence-electron chi connectivity index (χ2n) is 9.94. The van der Waals surface area contributed by atoms with E-state index >= 15 is 8.78 Å². The lowest BCUT2D eigenvalue weighted by Gasteiger charge is -2.06. The van der Waals surface area contributed by atoms with Crippen LogP contribution in [0.2, 0.25) is 0 Å². The fourth-order valence-corrected chi connectivity index (χ4v) is 5.48. The van der Waals surface area contributed by atoms with E-state index in [2.05, 4.69) is 34.9 Å². The van der Waals surface area contributed by atoms with E-state index in [9.17, 15) is 0 Å². The summed E-state index contributed by atoms with van der Waals surface area (Å²) in [6, 6.07) is 18.5. The van der Waals surface area contributed by atoms with Crippen molar-refractivity contribution in [3.05, 3.63) is 115 Å². The summed E-state index contributed by atoms with van der Waals surface area (Å²) in [5.41, 5.74) is 6.64. The van der Waals surface area contributed by atoms with Gasteiger partial charge in [-0.3, -0.25) is 0 Å². The zero-order chi connectivity index (χ0) is 28.9. The van der Waals surface area contributed by atoms with E-state index in [1.54, 1.807) is 49.1 Å². The van der Waals surface area contributed by atoms with E-state index in [1.165, 1.54) is 18.2 Å². The Morgan fingerprint density at radius 1 is 0.419 bits per heavy atom. The second kappa shape index (κ2) is 9.81. The first-order valence-corrected chi connectivity index (χ1v) is 13.5. The molecule has 0 atom stereocenters. The maximum absolute atomic E-state index is 15.4. The molecule has 1 aliphatic rings. The van der Waals surface area contributed by atoms with Crippen LogP contribution in [0.3, 0.4) is 0 Å². The number of aromatic nitrogens is 8. The molecule has 3 N–H and O–H groups in total. The van der Waals surface area contributed by atoms with Gasteiger partial charge in [-0.05, 0) is 72.8 Å². The second-order valence-corrected chi connectivity index (χ2v) is 9.94. The topological polar surface area (TPSA) is 112 Å². The van der Waals surface area contributed by atoms with Crippen molar-refractivity contribution < 1.29 is 8.78 Å². The van der Waals surface area contributed by atoms with E-state index in [1.807, 2.05) is 36.4 Å². The maximum Gasteiger partial charge on any atom is 0.163 e. The minimum Gasteiger partial charge on any atom is -0.354 e. The largest absolute Gasteiger partial charge is 0.354 e. The fraction of sp³-hybridized carbons (Fsp3) is 0. The molecule has 7 heterocycles. The number of hydrogen-bond donors (Lipinski definition) is 3. The highest BCUT2D eigenvalue weighted by molar-refractivity contribution is 5.99. The van der Waals surface area contributed by atoms with Crippen molar-refractivity contribution in [1.29, 1.82) is 0 Å². The molecule has 10 heteroatoms. The highest BCUT2D eigenvalue weighted by Crippen LogP contribution is 2.36. The molecule has 8 nitrogen and oxygen atoms in total. The summed E-state index contributed by atoms with van der Waals surface area (Å²) >= 11 is 0. The predicted octanol–water partition coefficient (Wildman–Crippen LogP) is 7.56. The minimum absolute atomic E-state index is 0.167. The summed E-state index contributed by atoms with van der Waals surface area (Å²) in [7, 11) is 0. The van der Waals surface area contributed by atoms with Gasteiger partial charge in [-0.1, -0.05) is 6.07 Å². The lowest BCUT2D eigenvalue weighted by atomic mass is 10.0. The average Bonchev–Trinajstić information content (AvgIpc) is 3.85. The molecule has 7 aromatic rings. The number of benzene rings is 1. The molecular formula is C33H20F2N8. The first-order chi connectivity index (χ1) is 21.1. The Bertz CT molecular complexity index is 2300. The van der Waals surface area contributed by atoms with Crippen molar-refractivity contribution in [2.75, 3.05) is 0 Å². The van der Waals surface area contributed by atoms with E-state index < -0.39 is 11.6 Å². The van der Waals surface area contributed by atoms with E-state index in [-0.39, 0.29) is 5.56 Å². The van der Waals surface area contributed by atoms with Crippen LogP contribution in [-0.2, 0) is 0 Å². The van der Waals surface area contributed by atoms with Gasteiger partial charge < -0.3 is 15.0 Å². The number of halogens is 2. The number of rotatable bonds is 3. The van der Waals surface area contributed by atoms with Gasteiger partial charge in [0.2, 0.25) is 0 Å². The molecule has 0 saturated carbocycles. The molecule has 0 amide bonds. The molecule has 1 aromatic carbocycles. The Kier molecular flexibility index (Phi) is 5.64. The predicted molar refractivity (Wildman–Crippen MR) is 163 cm³/mol. The number of hydrogen-bond acceptors (Lipinski definition) is 5. The van der Waals surface area contributed by atoms with Crippen LogP contribution in [0.25, 0.3) is 79.2 Å².